The van der Waals surface area contributed by atoms with Crippen LogP contribution in [0.25, 0.3) is 0 Å². The molecule has 0 fully saturated rings. The van der Waals surface area contributed by atoms with E-state index in [-0.39, 0.29) is 11.7 Å². The van der Waals surface area contributed by atoms with Crippen molar-refractivity contribution in [2.24, 2.45) is 0 Å². The molecule has 112 valence electrons. The Hall–Kier alpha value is -1.60. The quantitative estimate of drug-likeness (QED) is 0.642. The summed E-state index contributed by atoms with van der Waals surface area (Å²) in [5.74, 6) is -0.582. The van der Waals surface area contributed by atoms with E-state index in [0.717, 1.165) is 6.42 Å². The average molecular weight is 299 g/mol. The number of carbonyl (C=O) groups excluding carboxylic acids is 1. The highest BCUT2D eigenvalue weighted by Gasteiger charge is 2.20. The Morgan fingerprint density at radius 2 is 2.00 bits per heavy atom. The van der Waals surface area contributed by atoms with E-state index in [4.69, 9.17) is 5.73 Å². The summed E-state index contributed by atoms with van der Waals surface area (Å²) in [4.78, 5) is 11.6. The average Bonchev–Trinajstić information content (AvgIpc) is 2.37. The van der Waals surface area contributed by atoms with Gasteiger partial charge in [0.1, 0.15) is 0 Å². The van der Waals surface area contributed by atoms with Crippen molar-refractivity contribution in [1.29, 1.82) is 0 Å². The van der Waals surface area contributed by atoms with Crippen molar-refractivity contribution < 1.29 is 13.2 Å². The zero-order chi connectivity index (χ0) is 15.2. The molecule has 4 N–H and O–H groups in total. The maximum absolute atomic E-state index is 12.0. The van der Waals surface area contributed by atoms with Crippen LogP contribution in [0.3, 0.4) is 0 Å². The van der Waals surface area contributed by atoms with Crippen LogP contribution in [0.4, 0.5) is 5.69 Å². The van der Waals surface area contributed by atoms with Crippen LogP contribution in [0.15, 0.2) is 24.3 Å². The molecular weight excluding hydrogens is 278 g/mol. The number of sulfonamides is 1. The van der Waals surface area contributed by atoms with Crippen LogP contribution in [-0.4, -0.2) is 26.9 Å². The number of anilines is 1. The molecule has 0 aliphatic carbocycles. The molecular formula is C13H21N3O3S. The molecule has 0 bridgehead atoms. The molecule has 0 radical (unpaired) electrons. The lowest BCUT2D eigenvalue weighted by Crippen LogP contribution is -2.45. The lowest BCUT2D eigenvalue weighted by atomic mass is 10.2. The third-order valence-corrected chi connectivity index (χ3v) is 4.10. The normalized spacial score (nSPS) is 12.9. The SMILES string of the molecule is CCCNC(=O)C(C)NS(=O)(=O)Cc1ccccc1N. The van der Waals surface area contributed by atoms with Crippen molar-refractivity contribution >= 4 is 21.6 Å². The van der Waals surface area contributed by atoms with Gasteiger partial charge >= 0.3 is 0 Å². The highest BCUT2D eigenvalue weighted by Crippen LogP contribution is 2.13. The third-order valence-electron chi connectivity index (χ3n) is 2.70. The first-order chi connectivity index (χ1) is 9.35. The first-order valence-electron chi connectivity index (χ1n) is 6.47. The van der Waals surface area contributed by atoms with Crippen LogP contribution >= 0.6 is 0 Å². The molecule has 0 heterocycles. The fourth-order valence-electron chi connectivity index (χ4n) is 1.64. The maximum atomic E-state index is 12.0. The minimum atomic E-state index is -3.62. The maximum Gasteiger partial charge on any atom is 0.237 e. The van der Waals surface area contributed by atoms with Gasteiger partial charge in [-0.25, -0.2) is 13.1 Å². The highest BCUT2D eigenvalue weighted by atomic mass is 32.2. The van der Waals surface area contributed by atoms with Gasteiger partial charge in [0.05, 0.1) is 11.8 Å². The summed E-state index contributed by atoms with van der Waals surface area (Å²) in [6, 6.07) is 5.94. The molecule has 1 amide bonds. The zero-order valence-electron chi connectivity index (χ0n) is 11.7. The predicted molar refractivity (Wildman–Crippen MR) is 79.4 cm³/mol. The molecule has 0 aliphatic heterocycles. The van der Waals surface area contributed by atoms with Crippen LogP contribution < -0.4 is 15.8 Å². The minimum absolute atomic E-state index is 0.245. The number of hydrogen-bond donors (Lipinski definition) is 3. The van der Waals surface area contributed by atoms with E-state index in [1.54, 1.807) is 24.3 Å². The number of rotatable bonds is 7. The Morgan fingerprint density at radius 3 is 2.60 bits per heavy atom. The zero-order valence-corrected chi connectivity index (χ0v) is 12.5. The summed E-state index contributed by atoms with van der Waals surface area (Å²) < 4.78 is 26.3. The summed E-state index contributed by atoms with van der Waals surface area (Å²) in [7, 11) is -3.62. The Labute approximate surface area is 119 Å². The second-order valence-electron chi connectivity index (χ2n) is 4.59. The van der Waals surface area contributed by atoms with Crippen molar-refractivity contribution in [3.05, 3.63) is 29.8 Å². The smallest absolute Gasteiger partial charge is 0.237 e. The van der Waals surface area contributed by atoms with Gasteiger partial charge in [-0.05, 0) is 25.0 Å². The van der Waals surface area contributed by atoms with Gasteiger partial charge in [-0.3, -0.25) is 4.79 Å². The molecule has 7 heteroatoms. The summed E-state index contributed by atoms with van der Waals surface area (Å²) >= 11 is 0. The molecule has 0 saturated heterocycles. The van der Waals surface area contributed by atoms with Crippen LogP contribution in [-0.2, 0) is 20.6 Å². The molecule has 0 aliphatic rings. The number of nitrogens with two attached hydrogens (primary N) is 1. The van der Waals surface area contributed by atoms with E-state index >= 15 is 0 Å². The Bertz CT molecular complexity index is 558. The number of benzene rings is 1. The number of carbonyl (C=O) groups is 1. The summed E-state index contributed by atoms with van der Waals surface area (Å²) in [6.45, 7) is 3.96. The summed E-state index contributed by atoms with van der Waals surface area (Å²) in [5, 5.41) is 2.64. The molecule has 1 atom stereocenters. The lowest BCUT2D eigenvalue weighted by molar-refractivity contribution is -0.122. The van der Waals surface area contributed by atoms with Gasteiger partial charge in [0.15, 0.2) is 0 Å². The topological polar surface area (TPSA) is 101 Å². The van der Waals surface area contributed by atoms with Gasteiger partial charge in [0.2, 0.25) is 15.9 Å². The van der Waals surface area contributed by atoms with Crippen LogP contribution in [0.5, 0.6) is 0 Å². The Balaban J connectivity index is 2.66. The molecule has 1 rings (SSSR count). The van der Waals surface area contributed by atoms with Crippen molar-refractivity contribution in [3.63, 3.8) is 0 Å². The monoisotopic (exact) mass is 299 g/mol. The summed E-state index contributed by atoms with van der Waals surface area (Å²) in [5.41, 5.74) is 6.65. The number of para-hydroxylation sites is 1. The van der Waals surface area contributed by atoms with E-state index in [1.165, 1.54) is 6.92 Å². The minimum Gasteiger partial charge on any atom is -0.398 e. The van der Waals surface area contributed by atoms with Crippen molar-refractivity contribution in [2.45, 2.75) is 32.1 Å². The number of nitrogens with one attached hydrogen (secondary N) is 2. The Morgan fingerprint density at radius 1 is 1.35 bits per heavy atom. The predicted octanol–water partition coefficient (Wildman–Crippen LogP) is 0.603. The van der Waals surface area contributed by atoms with E-state index in [2.05, 4.69) is 10.0 Å². The van der Waals surface area contributed by atoms with E-state index < -0.39 is 16.1 Å². The van der Waals surface area contributed by atoms with Crippen molar-refractivity contribution in [2.75, 3.05) is 12.3 Å². The van der Waals surface area contributed by atoms with E-state index in [0.29, 0.717) is 17.8 Å². The number of nitrogen functional groups attached to an aromatic ring is 1. The lowest BCUT2D eigenvalue weighted by Gasteiger charge is -2.14. The first-order valence-corrected chi connectivity index (χ1v) is 8.12. The molecule has 20 heavy (non-hydrogen) atoms. The van der Waals surface area contributed by atoms with Crippen molar-refractivity contribution in [3.8, 4) is 0 Å². The largest absolute Gasteiger partial charge is 0.398 e. The molecule has 1 unspecified atom stereocenters. The molecule has 0 spiro atoms. The number of hydrogen-bond acceptors (Lipinski definition) is 4. The molecule has 0 aromatic heterocycles. The van der Waals surface area contributed by atoms with Gasteiger partial charge in [-0.1, -0.05) is 25.1 Å². The van der Waals surface area contributed by atoms with Gasteiger partial charge in [0.25, 0.3) is 0 Å². The van der Waals surface area contributed by atoms with Crippen LogP contribution in [0, 0.1) is 0 Å². The van der Waals surface area contributed by atoms with E-state index in [9.17, 15) is 13.2 Å². The van der Waals surface area contributed by atoms with Gasteiger partial charge in [-0.2, -0.15) is 0 Å². The first kappa shape index (κ1) is 16.5. The Kier molecular flexibility index (Phi) is 5.97. The molecule has 6 nitrogen and oxygen atoms in total. The fraction of sp³-hybridized carbons (Fsp3) is 0.462. The van der Waals surface area contributed by atoms with Gasteiger partial charge < -0.3 is 11.1 Å². The second-order valence-corrected chi connectivity index (χ2v) is 6.34. The van der Waals surface area contributed by atoms with Crippen molar-refractivity contribution in [1.82, 2.24) is 10.0 Å². The highest BCUT2D eigenvalue weighted by molar-refractivity contribution is 7.88. The summed E-state index contributed by atoms with van der Waals surface area (Å²) in [6.07, 6.45) is 0.797. The molecule has 1 aromatic carbocycles. The van der Waals surface area contributed by atoms with E-state index in [1.807, 2.05) is 6.92 Å². The van der Waals surface area contributed by atoms with Gasteiger partial charge in [-0.15, -0.1) is 0 Å². The molecule has 0 saturated carbocycles. The van der Waals surface area contributed by atoms with Crippen LogP contribution in [0.1, 0.15) is 25.8 Å². The second kappa shape index (κ2) is 7.25. The third kappa shape index (κ3) is 5.18. The van der Waals surface area contributed by atoms with Crippen LogP contribution in [0.2, 0.25) is 0 Å². The standard InChI is InChI=1S/C13H21N3O3S/c1-3-8-15-13(17)10(2)16-20(18,19)9-11-6-4-5-7-12(11)14/h4-7,10,16H,3,8-9,14H2,1-2H3,(H,15,17). The fourth-order valence-corrected chi connectivity index (χ4v) is 3.04. The van der Waals surface area contributed by atoms with Gasteiger partial charge in [0, 0.05) is 12.2 Å². The number of amides is 1. The molecule has 1 aromatic rings.